The molecule has 0 saturated carbocycles. The highest BCUT2D eigenvalue weighted by Crippen LogP contribution is 2.18. The zero-order valence-corrected chi connectivity index (χ0v) is 16.7. The van der Waals surface area contributed by atoms with Crippen molar-refractivity contribution in [1.82, 2.24) is 5.32 Å². The monoisotopic (exact) mass is 404 g/mol. The lowest BCUT2D eigenvalue weighted by Gasteiger charge is -2.12. The maximum absolute atomic E-state index is 12.6. The van der Waals surface area contributed by atoms with Crippen molar-refractivity contribution in [3.05, 3.63) is 89.5 Å². The third kappa shape index (κ3) is 5.61. The predicted molar refractivity (Wildman–Crippen MR) is 116 cm³/mol. The highest BCUT2D eigenvalue weighted by molar-refractivity contribution is 6.09. The molecular formula is C24H24N2O4. The van der Waals surface area contributed by atoms with Crippen molar-refractivity contribution >= 4 is 17.5 Å². The fraction of sp³-hybridized carbons (Fsp3) is 0.167. The van der Waals surface area contributed by atoms with Crippen LogP contribution in [-0.4, -0.2) is 30.6 Å². The molecule has 0 spiro atoms. The highest BCUT2D eigenvalue weighted by atomic mass is 16.5. The molecule has 0 radical (unpaired) electrons. The van der Waals surface area contributed by atoms with Crippen LogP contribution in [0.5, 0.6) is 11.5 Å². The maximum atomic E-state index is 12.6. The van der Waals surface area contributed by atoms with E-state index in [0.29, 0.717) is 29.1 Å². The SMILES string of the molecule is COc1ccc(C(=O)Nc2ccccc2C(=O)NCCCc2ccc(O)cc2)cc1. The summed E-state index contributed by atoms with van der Waals surface area (Å²) < 4.78 is 5.10. The van der Waals surface area contributed by atoms with Crippen LogP contribution in [0, 0.1) is 0 Å². The Morgan fingerprint density at radius 2 is 1.60 bits per heavy atom. The Labute approximate surface area is 175 Å². The molecular weight excluding hydrogens is 380 g/mol. The summed E-state index contributed by atoms with van der Waals surface area (Å²) in [7, 11) is 1.56. The summed E-state index contributed by atoms with van der Waals surface area (Å²) in [4.78, 5) is 25.1. The largest absolute Gasteiger partial charge is 0.508 e. The fourth-order valence-electron chi connectivity index (χ4n) is 2.98. The lowest BCUT2D eigenvalue weighted by atomic mass is 10.1. The summed E-state index contributed by atoms with van der Waals surface area (Å²) >= 11 is 0. The number of phenolic OH excluding ortho intramolecular Hbond substituents is 1. The van der Waals surface area contributed by atoms with Crippen molar-refractivity contribution in [3.8, 4) is 11.5 Å². The Bertz CT molecular complexity index is 998. The van der Waals surface area contributed by atoms with Gasteiger partial charge in [-0.15, -0.1) is 0 Å². The van der Waals surface area contributed by atoms with Crippen LogP contribution in [0.3, 0.4) is 0 Å². The van der Waals surface area contributed by atoms with Crippen molar-refractivity contribution < 1.29 is 19.4 Å². The van der Waals surface area contributed by atoms with E-state index in [-0.39, 0.29) is 17.6 Å². The topological polar surface area (TPSA) is 87.7 Å². The quantitative estimate of drug-likeness (QED) is 0.495. The van der Waals surface area contributed by atoms with Crippen LogP contribution in [0.4, 0.5) is 5.69 Å². The van der Waals surface area contributed by atoms with Crippen LogP contribution in [0.1, 0.15) is 32.7 Å². The normalized spacial score (nSPS) is 10.3. The standard InChI is InChI=1S/C24H24N2O4/c1-30-20-14-10-18(11-15-20)23(28)26-22-7-3-2-6-21(22)24(29)25-16-4-5-17-8-12-19(27)13-9-17/h2-3,6-15,27H,4-5,16H2,1H3,(H,25,29)(H,26,28). The van der Waals surface area contributed by atoms with Gasteiger partial charge in [0.15, 0.2) is 0 Å². The molecule has 3 aromatic carbocycles. The number of hydrogen-bond acceptors (Lipinski definition) is 4. The second kappa shape index (κ2) is 10.1. The second-order valence-corrected chi connectivity index (χ2v) is 6.75. The van der Waals surface area contributed by atoms with E-state index in [1.54, 1.807) is 67.8 Å². The van der Waals surface area contributed by atoms with E-state index < -0.39 is 0 Å². The van der Waals surface area contributed by atoms with Crippen molar-refractivity contribution in [1.29, 1.82) is 0 Å². The minimum absolute atomic E-state index is 0.236. The first-order chi connectivity index (χ1) is 14.6. The minimum atomic E-state index is -0.301. The van der Waals surface area contributed by atoms with Crippen molar-refractivity contribution in [2.45, 2.75) is 12.8 Å². The van der Waals surface area contributed by atoms with Crippen LogP contribution in [0.25, 0.3) is 0 Å². The zero-order valence-electron chi connectivity index (χ0n) is 16.7. The molecule has 0 aliphatic rings. The number of anilines is 1. The Morgan fingerprint density at radius 1 is 0.900 bits per heavy atom. The van der Waals surface area contributed by atoms with Gasteiger partial charge < -0.3 is 20.5 Å². The summed E-state index contributed by atoms with van der Waals surface area (Å²) in [6.07, 6.45) is 1.55. The van der Waals surface area contributed by atoms with Gasteiger partial charge in [0.1, 0.15) is 11.5 Å². The number of nitrogens with one attached hydrogen (secondary N) is 2. The molecule has 6 nitrogen and oxygen atoms in total. The summed E-state index contributed by atoms with van der Waals surface area (Å²) in [6.45, 7) is 0.500. The number of aryl methyl sites for hydroxylation is 1. The predicted octanol–water partition coefficient (Wildman–Crippen LogP) is 4.02. The average molecular weight is 404 g/mol. The number of carbonyl (C=O) groups excluding carboxylic acids is 2. The van der Waals surface area contributed by atoms with Crippen LogP contribution in [-0.2, 0) is 6.42 Å². The number of rotatable bonds is 8. The molecule has 0 heterocycles. The molecule has 3 rings (SSSR count). The van der Waals surface area contributed by atoms with Gasteiger partial charge >= 0.3 is 0 Å². The van der Waals surface area contributed by atoms with Gasteiger partial charge in [-0.2, -0.15) is 0 Å². The lowest BCUT2D eigenvalue weighted by molar-refractivity contribution is 0.0954. The Morgan fingerprint density at radius 3 is 2.30 bits per heavy atom. The van der Waals surface area contributed by atoms with Crippen molar-refractivity contribution in [3.63, 3.8) is 0 Å². The van der Waals surface area contributed by atoms with Crippen molar-refractivity contribution in [2.75, 3.05) is 19.0 Å². The number of para-hydroxylation sites is 1. The molecule has 0 aliphatic heterocycles. The van der Waals surface area contributed by atoms with Crippen molar-refractivity contribution in [2.24, 2.45) is 0 Å². The second-order valence-electron chi connectivity index (χ2n) is 6.75. The number of aromatic hydroxyl groups is 1. The van der Waals surface area contributed by atoms with E-state index in [4.69, 9.17) is 4.74 Å². The Hall–Kier alpha value is -3.80. The minimum Gasteiger partial charge on any atom is -0.508 e. The van der Waals surface area contributed by atoms with Gasteiger partial charge in [0, 0.05) is 12.1 Å². The molecule has 3 aromatic rings. The first kappa shape index (κ1) is 20.9. The Kier molecular flexibility index (Phi) is 7.05. The summed E-state index contributed by atoms with van der Waals surface area (Å²) in [5, 5.41) is 15.0. The van der Waals surface area contributed by atoms with Gasteiger partial charge in [0.25, 0.3) is 11.8 Å². The van der Waals surface area contributed by atoms with Crippen LogP contribution in [0.2, 0.25) is 0 Å². The summed E-state index contributed by atoms with van der Waals surface area (Å²) in [5.74, 6) is 0.357. The van der Waals surface area contributed by atoms with E-state index in [0.717, 1.165) is 18.4 Å². The third-order valence-electron chi connectivity index (χ3n) is 4.64. The number of benzene rings is 3. The van der Waals surface area contributed by atoms with Gasteiger partial charge in [-0.05, 0) is 66.9 Å². The van der Waals surface area contributed by atoms with Crippen LogP contribution >= 0.6 is 0 Å². The van der Waals surface area contributed by atoms with E-state index in [1.165, 1.54) is 0 Å². The smallest absolute Gasteiger partial charge is 0.255 e. The summed E-state index contributed by atoms with van der Waals surface area (Å²) in [5.41, 5.74) is 2.42. The van der Waals surface area contributed by atoms with E-state index in [2.05, 4.69) is 10.6 Å². The maximum Gasteiger partial charge on any atom is 0.255 e. The number of methoxy groups -OCH3 is 1. The van der Waals surface area contributed by atoms with Crippen LogP contribution in [0.15, 0.2) is 72.8 Å². The molecule has 0 bridgehead atoms. The average Bonchev–Trinajstić information content (AvgIpc) is 2.78. The third-order valence-corrected chi connectivity index (χ3v) is 4.64. The fourth-order valence-corrected chi connectivity index (χ4v) is 2.98. The molecule has 154 valence electrons. The molecule has 0 saturated heterocycles. The molecule has 0 unspecified atom stereocenters. The number of hydrogen-bond donors (Lipinski definition) is 3. The first-order valence-corrected chi connectivity index (χ1v) is 9.67. The highest BCUT2D eigenvalue weighted by Gasteiger charge is 2.14. The number of ether oxygens (including phenoxy) is 1. The van der Waals surface area contributed by atoms with E-state index in [1.807, 2.05) is 12.1 Å². The molecule has 0 aliphatic carbocycles. The van der Waals surface area contributed by atoms with E-state index >= 15 is 0 Å². The molecule has 30 heavy (non-hydrogen) atoms. The first-order valence-electron chi connectivity index (χ1n) is 9.67. The number of carbonyl (C=O) groups is 2. The Balaban J connectivity index is 1.57. The number of amides is 2. The van der Waals surface area contributed by atoms with E-state index in [9.17, 15) is 14.7 Å². The van der Waals surface area contributed by atoms with Gasteiger partial charge in [0.2, 0.25) is 0 Å². The molecule has 0 aromatic heterocycles. The summed E-state index contributed by atoms with van der Waals surface area (Å²) in [6, 6.07) is 20.7. The molecule has 6 heteroatoms. The lowest BCUT2D eigenvalue weighted by Crippen LogP contribution is -2.26. The van der Waals surface area contributed by atoms with Crippen LogP contribution < -0.4 is 15.4 Å². The zero-order chi connectivity index (χ0) is 21.3. The molecule has 0 atom stereocenters. The van der Waals surface area contributed by atoms with Gasteiger partial charge in [0.05, 0.1) is 18.4 Å². The van der Waals surface area contributed by atoms with Gasteiger partial charge in [-0.25, -0.2) is 0 Å². The van der Waals surface area contributed by atoms with Gasteiger partial charge in [-0.1, -0.05) is 24.3 Å². The van der Waals surface area contributed by atoms with Gasteiger partial charge in [-0.3, -0.25) is 9.59 Å². The molecule has 3 N–H and O–H groups in total. The molecule has 0 fully saturated rings. The number of phenols is 1. The molecule has 2 amide bonds.